The molecule has 3 heterocycles. The van der Waals surface area contributed by atoms with Gasteiger partial charge in [0.25, 0.3) is 5.91 Å². The summed E-state index contributed by atoms with van der Waals surface area (Å²) in [6.45, 7) is 4.44. The summed E-state index contributed by atoms with van der Waals surface area (Å²) in [6, 6.07) is 10.8. The molecule has 2 aliphatic rings. The van der Waals surface area contributed by atoms with E-state index in [4.69, 9.17) is 4.52 Å². The Morgan fingerprint density at radius 3 is 2.89 bits per heavy atom. The maximum Gasteiger partial charge on any atom is 0.275 e. The molecule has 0 unspecified atom stereocenters. The quantitative estimate of drug-likeness (QED) is 0.811. The van der Waals surface area contributed by atoms with Crippen molar-refractivity contribution in [3.8, 4) is 0 Å². The SMILES string of the molecule is CN(C[C@@H]1CCCN1C)C(=O)c1cc(CN2CCc3ccccc3C2)on1. The summed E-state index contributed by atoms with van der Waals surface area (Å²) in [6.07, 6.45) is 3.40. The average Bonchev–Trinajstić information content (AvgIpc) is 3.30. The molecule has 0 bridgehead atoms. The van der Waals surface area contributed by atoms with Crippen LogP contribution >= 0.6 is 0 Å². The molecule has 0 saturated carbocycles. The normalized spacial score (nSPS) is 20.6. The van der Waals surface area contributed by atoms with Gasteiger partial charge in [0, 0.05) is 38.8 Å². The summed E-state index contributed by atoms with van der Waals surface area (Å²) in [5, 5.41) is 4.03. The van der Waals surface area contributed by atoms with E-state index in [-0.39, 0.29) is 5.91 Å². The van der Waals surface area contributed by atoms with Crippen LogP contribution in [0.3, 0.4) is 0 Å². The van der Waals surface area contributed by atoms with Crippen LogP contribution in [0.5, 0.6) is 0 Å². The van der Waals surface area contributed by atoms with Gasteiger partial charge in [0.1, 0.15) is 0 Å². The van der Waals surface area contributed by atoms with Gasteiger partial charge >= 0.3 is 0 Å². The standard InChI is InChI=1S/C21H28N4O2/c1-23-10-5-8-18(23)14-24(2)21(26)20-12-19(27-22-20)15-25-11-9-16-6-3-4-7-17(16)13-25/h3-4,6-7,12,18H,5,8-11,13-15H2,1-2H3/t18-/m0/s1. The van der Waals surface area contributed by atoms with Crippen molar-refractivity contribution in [1.29, 1.82) is 0 Å². The molecule has 2 aromatic rings. The molecule has 6 nitrogen and oxygen atoms in total. The van der Waals surface area contributed by atoms with Crippen LogP contribution in [0.1, 0.15) is 40.2 Å². The zero-order chi connectivity index (χ0) is 18.8. The molecular weight excluding hydrogens is 340 g/mol. The number of hydrogen-bond donors (Lipinski definition) is 0. The molecule has 0 aliphatic carbocycles. The Balaban J connectivity index is 1.35. The van der Waals surface area contributed by atoms with E-state index in [1.807, 2.05) is 7.05 Å². The van der Waals surface area contributed by atoms with Gasteiger partial charge in [-0.1, -0.05) is 29.4 Å². The lowest BCUT2D eigenvalue weighted by atomic mass is 10.00. The summed E-state index contributed by atoms with van der Waals surface area (Å²) >= 11 is 0. The summed E-state index contributed by atoms with van der Waals surface area (Å²) in [5.74, 6) is 0.693. The number of rotatable bonds is 5. The molecule has 1 atom stereocenters. The topological polar surface area (TPSA) is 52.8 Å². The zero-order valence-electron chi connectivity index (χ0n) is 16.2. The molecule has 0 N–H and O–H groups in total. The average molecular weight is 368 g/mol. The van der Waals surface area contributed by atoms with Gasteiger partial charge in [-0.2, -0.15) is 0 Å². The fraction of sp³-hybridized carbons (Fsp3) is 0.524. The third-order valence-corrected chi connectivity index (χ3v) is 5.87. The molecule has 0 radical (unpaired) electrons. The second-order valence-corrected chi connectivity index (χ2v) is 7.87. The minimum Gasteiger partial charge on any atom is -0.359 e. The van der Waals surface area contributed by atoms with Crippen molar-refractivity contribution in [1.82, 2.24) is 19.9 Å². The monoisotopic (exact) mass is 368 g/mol. The first-order valence-electron chi connectivity index (χ1n) is 9.80. The van der Waals surface area contributed by atoms with E-state index in [9.17, 15) is 4.79 Å². The first kappa shape index (κ1) is 18.2. The highest BCUT2D eigenvalue weighted by Crippen LogP contribution is 2.21. The molecule has 1 saturated heterocycles. The number of aromatic nitrogens is 1. The van der Waals surface area contributed by atoms with E-state index in [0.29, 0.717) is 18.3 Å². The number of likely N-dealkylation sites (tertiary alicyclic amines) is 1. The molecule has 1 fully saturated rings. The largest absolute Gasteiger partial charge is 0.359 e. The van der Waals surface area contributed by atoms with Crippen LogP contribution in [-0.2, 0) is 19.5 Å². The molecule has 1 aromatic heterocycles. The van der Waals surface area contributed by atoms with Crippen LogP contribution in [0.4, 0.5) is 0 Å². The number of amides is 1. The van der Waals surface area contributed by atoms with Gasteiger partial charge in [-0.15, -0.1) is 0 Å². The van der Waals surface area contributed by atoms with Crippen LogP contribution in [0.15, 0.2) is 34.9 Å². The van der Waals surface area contributed by atoms with Crippen molar-refractivity contribution in [3.63, 3.8) is 0 Å². The minimum absolute atomic E-state index is 0.0608. The van der Waals surface area contributed by atoms with E-state index in [1.165, 1.54) is 17.5 Å². The zero-order valence-corrected chi connectivity index (χ0v) is 16.2. The second-order valence-electron chi connectivity index (χ2n) is 7.87. The highest BCUT2D eigenvalue weighted by molar-refractivity contribution is 5.92. The Morgan fingerprint density at radius 1 is 1.30 bits per heavy atom. The summed E-state index contributed by atoms with van der Waals surface area (Å²) < 4.78 is 5.47. The fourth-order valence-electron chi connectivity index (χ4n) is 4.20. The van der Waals surface area contributed by atoms with E-state index in [1.54, 1.807) is 11.0 Å². The predicted molar refractivity (Wildman–Crippen MR) is 103 cm³/mol. The molecule has 0 spiro atoms. The Hall–Kier alpha value is -2.18. The molecule has 2 aliphatic heterocycles. The van der Waals surface area contributed by atoms with Gasteiger partial charge < -0.3 is 14.3 Å². The van der Waals surface area contributed by atoms with Gasteiger partial charge in [-0.25, -0.2) is 0 Å². The van der Waals surface area contributed by atoms with Gasteiger partial charge in [-0.05, 0) is 44.0 Å². The van der Waals surface area contributed by atoms with Crippen LogP contribution in [0, 0.1) is 0 Å². The van der Waals surface area contributed by atoms with Crippen LogP contribution in [-0.4, -0.2) is 65.5 Å². The number of likely N-dealkylation sites (N-methyl/N-ethyl adjacent to an activating group) is 2. The number of benzene rings is 1. The molecule has 6 heteroatoms. The number of hydrogen-bond acceptors (Lipinski definition) is 5. The fourth-order valence-corrected chi connectivity index (χ4v) is 4.20. The highest BCUT2D eigenvalue weighted by atomic mass is 16.5. The number of fused-ring (bicyclic) bond motifs is 1. The second kappa shape index (κ2) is 7.82. The molecular formula is C21H28N4O2. The first-order chi connectivity index (χ1) is 13.1. The number of nitrogens with zero attached hydrogens (tertiary/aromatic N) is 4. The van der Waals surface area contributed by atoms with Gasteiger partial charge in [0.2, 0.25) is 0 Å². The molecule has 144 valence electrons. The first-order valence-corrected chi connectivity index (χ1v) is 9.80. The maximum atomic E-state index is 12.7. The smallest absolute Gasteiger partial charge is 0.275 e. The van der Waals surface area contributed by atoms with Crippen LogP contribution in [0.25, 0.3) is 0 Å². The van der Waals surface area contributed by atoms with Gasteiger partial charge in [0.15, 0.2) is 11.5 Å². The Labute approximate surface area is 160 Å². The van der Waals surface area contributed by atoms with E-state index in [0.717, 1.165) is 44.8 Å². The van der Waals surface area contributed by atoms with Crippen LogP contribution < -0.4 is 0 Å². The lowest BCUT2D eigenvalue weighted by Gasteiger charge is -2.27. The van der Waals surface area contributed by atoms with Gasteiger partial charge in [-0.3, -0.25) is 9.69 Å². The van der Waals surface area contributed by atoms with E-state index >= 15 is 0 Å². The lowest BCUT2D eigenvalue weighted by molar-refractivity contribution is 0.0751. The molecule has 1 aromatic carbocycles. The number of carbonyl (C=O) groups is 1. The third kappa shape index (κ3) is 4.06. The van der Waals surface area contributed by atoms with E-state index < -0.39 is 0 Å². The van der Waals surface area contributed by atoms with E-state index in [2.05, 4.69) is 46.3 Å². The minimum atomic E-state index is -0.0608. The highest BCUT2D eigenvalue weighted by Gasteiger charge is 2.26. The van der Waals surface area contributed by atoms with Gasteiger partial charge in [0.05, 0.1) is 6.54 Å². The van der Waals surface area contributed by atoms with Crippen molar-refractivity contribution in [2.75, 3.05) is 33.7 Å². The van der Waals surface area contributed by atoms with Crippen molar-refractivity contribution in [2.24, 2.45) is 0 Å². The Morgan fingerprint density at radius 2 is 2.11 bits per heavy atom. The molecule has 1 amide bonds. The van der Waals surface area contributed by atoms with Crippen molar-refractivity contribution >= 4 is 5.91 Å². The van der Waals surface area contributed by atoms with Crippen molar-refractivity contribution < 1.29 is 9.32 Å². The Kier molecular flexibility index (Phi) is 5.27. The summed E-state index contributed by atoms with van der Waals surface area (Å²) in [4.78, 5) is 19.1. The number of carbonyl (C=O) groups excluding carboxylic acids is 1. The maximum absolute atomic E-state index is 12.7. The third-order valence-electron chi connectivity index (χ3n) is 5.87. The molecule has 27 heavy (non-hydrogen) atoms. The predicted octanol–water partition coefficient (Wildman–Crippen LogP) is 2.40. The molecule has 4 rings (SSSR count). The van der Waals surface area contributed by atoms with Crippen LogP contribution in [0.2, 0.25) is 0 Å². The Bertz CT molecular complexity index is 803. The lowest BCUT2D eigenvalue weighted by Crippen LogP contribution is -2.39. The van der Waals surface area contributed by atoms with Crippen molar-refractivity contribution in [2.45, 2.75) is 38.4 Å². The summed E-state index contributed by atoms with van der Waals surface area (Å²) in [5.41, 5.74) is 3.21. The summed E-state index contributed by atoms with van der Waals surface area (Å²) in [7, 11) is 3.98. The van der Waals surface area contributed by atoms with Crippen molar-refractivity contribution in [3.05, 3.63) is 52.9 Å².